The summed E-state index contributed by atoms with van der Waals surface area (Å²) in [5.74, 6) is -1.16. The van der Waals surface area contributed by atoms with Crippen molar-refractivity contribution in [3.63, 3.8) is 0 Å². The Hall–Kier alpha value is 0.520. The lowest BCUT2D eigenvalue weighted by Gasteiger charge is -2.24. The Labute approximate surface area is 93.4 Å². The van der Waals surface area contributed by atoms with Crippen LogP contribution in [0.2, 0.25) is 0 Å². The highest BCUT2D eigenvalue weighted by atomic mass is 32.2. The zero-order chi connectivity index (χ0) is 11.8. The quantitative estimate of drug-likeness (QED) is 0.320. The second-order valence-electron chi connectivity index (χ2n) is 2.85. The average Bonchev–Trinajstić information content (AvgIpc) is 1.75. The van der Waals surface area contributed by atoms with Gasteiger partial charge < -0.3 is 0 Å². The molecule has 0 saturated heterocycles. The highest BCUT2D eigenvalue weighted by Gasteiger charge is 2.40. The molecule has 0 saturated carbocycles. The maximum atomic E-state index is 10.7. The molecule has 14 heavy (non-hydrogen) atoms. The van der Waals surface area contributed by atoms with Crippen LogP contribution in [0.25, 0.3) is 0 Å². The first-order valence-electron chi connectivity index (χ1n) is 3.20. The molecule has 0 heterocycles. The predicted molar refractivity (Wildman–Crippen MR) is 58.1 cm³/mol. The smallest absolute Gasteiger partial charge is 0.271 e. The fraction of sp³-hybridized carbons (Fsp3) is 1.00. The van der Waals surface area contributed by atoms with Crippen LogP contribution < -0.4 is 0 Å². The van der Waals surface area contributed by atoms with E-state index in [0.717, 1.165) is 0 Å². The average molecular weight is 282 g/mol. The van der Waals surface area contributed by atoms with E-state index in [1.54, 1.807) is 0 Å². The van der Waals surface area contributed by atoms with Crippen molar-refractivity contribution < 1.29 is 25.9 Å². The molecule has 0 aliphatic carbocycles. The molecule has 1 unspecified atom stereocenters. The van der Waals surface area contributed by atoms with Crippen LogP contribution in [-0.2, 0) is 20.2 Å². The maximum absolute atomic E-state index is 10.7. The van der Waals surface area contributed by atoms with Crippen molar-refractivity contribution in [2.75, 3.05) is 5.75 Å². The largest absolute Gasteiger partial charge is 0.286 e. The van der Waals surface area contributed by atoms with Gasteiger partial charge >= 0.3 is 0 Å². The SMILES string of the molecule is CC(S)(S)C(CS(=O)(=O)O)S(=O)(=O)O. The molecule has 0 aliphatic heterocycles. The molecule has 1 atom stereocenters. The molecule has 0 amide bonds. The molecular weight excluding hydrogens is 272 g/mol. The van der Waals surface area contributed by atoms with Gasteiger partial charge in [0.25, 0.3) is 20.2 Å². The third kappa shape index (κ3) is 5.41. The highest BCUT2D eigenvalue weighted by molar-refractivity contribution is 8.02. The summed E-state index contributed by atoms with van der Waals surface area (Å²) in [5, 5.41) is -1.81. The first kappa shape index (κ1) is 14.5. The highest BCUT2D eigenvalue weighted by Crippen LogP contribution is 2.28. The summed E-state index contributed by atoms with van der Waals surface area (Å²) in [6, 6.07) is 0. The van der Waals surface area contributed by atoms with Gasteiger partial charge in [-0.05, 0) is 6.92 Å². The molecule has 0 aromatic rings. The van der Waals surface area contributed by atoms with E-state index < -0.39 is 35.3 Å². The molecule has 2 N–H and O–H groups in total. The topological polar surface area (TPSA) is 109 Å². The van der Waals surface area contributed by atoms with Gasteiger partial charge in [0, 0.05) is 0 Å². The number of hydrogen-bond donors (Lipinski definition) is 4. The summed E-state index contributed by atoms with van der Waals surface area (Å²) in [7, 11) is -9.17. The number of hydrogen-bond acceptors (Lipinski definition) is 6. The van der Waals surface area contributed by atoms with Gasteiger partial charge in [0.1, 0.15) is 5.25 Å². The standard InChI is InChI=1S/C4H10O6S4/c1-4(11,12)3(14(8,9)10)2-13(5,6)7/h3,11-12H,2H2,1H3,(H,5,6,7)(H,8,9,10). The second-order valence-corrected chi connectivity index (χ2v) is 8.15. The third-order valence-corrected chi connectivity index (χ3v) is 4.63. The van der Waals surface area contributed by atoms with Crippen LogP contribution in [0, 0.1) is 0 Å². The minimum Gasteiger partial charge on any atom is -0.286 e. The zero-order valence-corrected chi connectivity index (χ0v) is 10.4. The van der Waals surface area contributed by atoms with Crippen molar-refractivity contribution in [3.8, 4) is 0 Å². The van der Waals surface area contributed by atoms with E-state index in [9.17, 15) is 16.8 Å². The van der Waals surface area contributed by atoms with E-state index in [4.69, 9.17) is 9.11 Å². The van der Waals surface area contributed by atoms with Crippen molar-refractivity contribution >= 4 is 45.5 Å². The summed E-state index contributed by atoms with van der Waals surface area (Å²) in [5.41, 5.74) is 0. The predicted octanol–water partition coefficient (Wildman–Crippen LogP) is -0.294. The van der Waals surface area contributed by atoms with Gasteiger partial charge in [-0.2, -0.15) is 42.1 Å². The van der Waals surface area contributed by atoms with Crippen LogP contribution in [0.4, 0.5) is 0 Å². The Morgan fingerprint density at radius 2 is 1.57 bits per heavy atom. The number of rotatable bonds is 4. The Morgan fingerprint density at radius 3 is 1.64 bits per heavy atom. The van der Waals surface area contributed by atoms with E-state index >= 15 is 0 Å². The van der Waals surface area contributed by atoms with E-state index in [1.807, 2.05) is 0 Å². The van der Waals surface area contributed by atoms with Gasteiger partial charge in [0.05, 0.1) is 9.83 Å². The molecule has 0 radical (unpaired) electrons. The molecule has 0 aliphatic rings. The summed E-state index contributed by atoms with van der Waals surface area (Å²) >= 11 is 7.41. The van der Waals surface area contributed by atoms with Crippen molar-refractivity contribution in [1.82, 2.24) is 0 Å². The van der Waals surface area contributed by atoms with Crippen molar-refractivity contribution in [1.29, 1.82) is 0 Å². The first-order valence-corrected chi connectivity index (χ1v) is 7.21. The fourth-order valence-corrected chi connectivity index (χ4v) is 4.43. The normalized spacial score (nSPS) is 16.6. The monoisotopic (exact) mass is 282 g/mol. The minimum absolute atomic E-state index is 1.16. The van der Waals surface area contributed by atoms with Crippen LogP contribution in [0.5, 0.6) is 0 Å². The first-order chi connectivity index (χ1) is 5.84. The molecule has 10 heteroatoms. The summed E-state index contributed by atoms with van der Waals surface area (Å²) in [4.78, 5) is 0. The molecule has 0 aromatic heterocycles. The lowest BCUT2D eigenvalue weighted by Crippen LogP contribution is -2.41. The minimum atomic E-state index is -4.65. The van der Waals surface area contributed by atoms with Gasteiger partial charge in [-0.1, -0.05) is 0 Å². The van der Waals surface area contributed by atoms with Gasteiger partial charge in [-0.15, -0.1) is 0 Å². The van der Waals surface area contributed by atoms with E-state index in [2.05, 4.69) is 25.3 Å². The molecule has 0 aromatic carbocycles. The summed E-state index contributed by atoms with van der Waals surface area (Å²) < 4.78 is 57.9. The van der Waals surface area contributed by atoms with Crippen LogP contribution >= 0.6 is 25.3 Å². The Morgan fingerprint density at radius 1 is 1.21 bits per heavy atom. The Bertz CT molecular complexity index is 386. The third-order valence-electron chi connectivity index (χ3n) is 1.33. The molecule has 0 rings (SSSR count). The van der Waals surface area contributed by atoms with Crippen molar-refractivity contribution in [3.05, 3.63) is 0 Å². The van der Waals surface area contributed by atoms with E-state index in [0.29, 0.717) is 0 Å². The van der Waals surface area contributed by atoms with Crippen LogP contribution in [0.3, 0.4) is 0 Å². The molecule has 0 fully saturated rings. The Balaban J connectivity index is 5.18. The molecule has 0 spiro atoms. The van der Waals surface area contributed by atoms with Gasteiger partial charge in [-0.3, -0.25) is 9.11 Å². The molecule has 6 nitrogen and oxygen atoms in total. The molecule has 86 valence electrons. The van der Waals surface area contributed by atoms with Gasteiger partial charge in [0.2, 0.25) is 0 Å². The fourth-order valence-electron chi connectivity index (χ4n) is 0.717. The number of thiol groups is 2. The van der Waals surface area contributed by atoms with E-state index in [1.165, 1.54) is 6.92 Å². The van der Waals surface area contributed by atoms with Crippen molar-refractivity contribution in [2.24, 2.45) is 0 Å². The lowest BCUT2D eigenvalue weighted by molar-refractivity contribution is 0.454. The van der Waals surface area contributed by atoms with Crippen molar-refractivity contribution in [2.45, 2.75) is 16.3 Å². The van der Waals surface area contributed by atoms with E-state index in [-0.39, 0.29) is 0 Å². The Kier molecular flexibility index (Phi) is 4.33. The van der Waals surface area contributed by atoms with Crippen LogP contribution in [-0.4, -0.2) is 41.0 Å². The molecular formula is C4H10O6S4. The second kappa shape index (κ2) is 4.18. The summed E-state index contributed by atoms with van der Waals surface area (Å²) in [6.45, 7) is 1.18. The van der Waals surface area contributed by atoms with Gasteiger partial charge in [0.15, 0.2) is 0 Å². The van der Waals surface area contributed by atoms with Crippen LogP contribution in [0.15, 0.2) is 0 Å². The van der Waals surface area contributed by atoms with Gasteiger partial charge in [-0.25, -0.2) is 0 Å². The summed E-state index contributed by atoms with van der Waals surface area (Å²) in [6.07, 6.45) is 0. The van der Waals surface area contributed by atoms with Crippen LogP contribution in [0.1, 0.15) is 6.92 Å². The molecule has 0 bridgehead atoms. The zero-order valence-electron chi connectivity index (χ0n) is 7.02. The lowest BCUT2D eigenvalue weighted by atomic mass is 10.3. The maximum Gasteiger partial charge on any atom is 0.271 e.